The lowest BCUT2D eigenvalue weighted by molar-refractivity contribution is -0.122. The van der Waals surface area contributed by atoms with Crippen molar-refractivity contribution in [1.29, 1.82) is 0 Å². The summed E-state index contributed by atoms with van der Waals surface area (Å²) >= 11 is 0. The number of nitrogens with one attached hydrogen (secondary N) is 3. The van der Waals surface area contributed by atoms with Crippen molar-refractivity contribution >= 4 is 11.7 Å². The van der Waals surface area contributed by atoms with Crippen LogP contribution in [-0.4, -0.2) is 56.7 Å². The van der Waals surface area contributed by atoms with E-state index in [9.17, 15) is 9.59 Å². The summed E-state index contributed by atoms with van der Waals surface area (Å²) in [5.74, 6) is 0.204. The van der Waals surface area contributed by atoms with Gasteiger partial charge in [0.2, 0.25) is 5.91 Å². The van der Waals surface area contributed by atoms with E-state index in [4.69, 9.17) is 9.47 Å². The smallest absolute Gasteiger partial charge is 0.220 e. The molecule has 0 saturated heterocycles. The SMILES string of the molecule is C=C(NC1CC1)C(=O)[C@H](Cc1ccccc1)NC(=C)C(CC(C)C)NC(=O)CCCOCCOC. The van der Waals surface area contributed by atoms with E-state index < -0.39 is 6.04 Å². The van der Waals surface area contributed by atoms with Crippen molar-refractivity contribution in [2.24, 2.45) is 5.92 Å². The Hall–Kier alpha value is -2.64. The summed E-state index contributed by atoms with van der Waals surface area (Å²) in [7, 11) is 1.63. The van der Waals surface area contributed by atoms with Crippen LogP contribution in [0.1, 0.15) is 51.5 Å². The first kappa shape index (κ1) is 28.6. The Morgan fingerprint density at radius 3 is 2.37 bits per heavy atom. The van der Waals surface area contributed by atoms with Crippen LogP contribution in [0, 0.1) is 5.92 Å². The standard InChI is InChI=1S/C28H43N3O4/c1-20(2)18-25(31-27(32)12-9-15-35-17-16-34-5)21(3)30-26(19-23-10-7-6-8-11-23)28(33)22(4)29-24-13-14-24/h6-8,10-11,20,24-26,29-30H,3-4,9,12-19H2,1-2,5H3,(H,31,32)/t25?,26-/m0/s1. The van der Waals surface area contributed by atoms with Gasteiger partial charge in [0.15, 0.2) is 5.78 Å². The Morgan fingerprint density at radius 1 is 1.03 bits per heavy atom. The summed E-state index contributed by atoms with van der Waals surface area (Å²) in [6, 6.07) is 9.42. The van der Waals surface area contributed by atoms with Gasteiger partial charge in [-0.3, -0.25) is 9.59 Å². The first-order chi connectivity index (χ1) is 16.8. The average molecular weight is 486 g/mol. The summed E-state index contributed by atoms with van der Waals surface area (Å²) in [6.07, 6.45) is 4.35. The molecule has 0 spiro atoms. The number of carbonyl (C=O) groups excluding carboxylic acids is 2. The van der Waals surface area contributed by atoms with Gasteiger partial charge in [-0.25, -0.2) is 0 Å². The van der Waals surface area contributed by atoms with Crippen LogP contribution in [0.15, 0.2) is 54.9 Å². The van der Waals surface area contributed by atoms with E-state index in [1.165, 1.54) is 0 Å². The molecule has 2 rings (SSSR count). The van der Waals surface area contributed by atoms with E-state index >= 15 is 0 Å². The number of ether oxygens (including phenoxy) is 2. The van der Waals surface area contributed by atoms with Crippen LogP contribution in [0.2, 0.25) is 0 Å². The van der Waals surface area contributed by atoms with Gasteiger partial charge in [0, 0.05) is 38.3 Å². The monoisotopic (exact) mass is 485 g/mol. The number of ketones is 1. The number of carbonyl (C=O) groups is 2. The first-order valence-corrected chi connectivity index (χ1v) is 12.6. The highest BCUT2D eigenvalue weighted by molar-refractivity contribution is 5.98. The predicted molar refractivity (Wildman–Crippen MR) is 140 cm³/mol. The van der Waals surface area contributed by atoms with E-state index in [0.717, 1.165) is 24.8 Å². The van der Waals surface area contributed by atoms with Crippen molar-refractivity contribution in [2.75, 3.05) is 26.9 Å². The maximum atomic E-state index is 13.3. The van der Waals surface area contributed by atoms with Gasteiger partial charge in [-0.15, -0.1) is 0 Å². The Labute approximate surface area is 210 Å². The summed E-state index contributed by atoms with van der Waals surface area (Å²) in [5, 5.41) is 9.67. The molecule has 0 bridgehead atoms. The maximum absolute atomic E-state index is 13.3. The molecular formula is C28H43N3O4. The molecule has 35 heavy (non-hydrogen) atoms. The normalized spacial score (nSPS) is 14.7. The van der Waals surface area contributed by atoms with Crippen LogP contribution in [0.25, 0.3) is 0 Å². The van der Waals surface area contributed by atoms with Crippen molar-refractivity contribution in [3.05, 3.63) is 60.4 Å². The van der Waals surface area contributed by atoms with Gasteiger partial charge in [0.05, 0.1) is 31.0 Å². The van der Waals surface area contributed by atoms with Gasteiger partial charge in [-0.2, -0.15) is 0 Å². The van der Waals surface area contributed by atoms with Gasteiger partial charge in [0.25, 0.3) is 0 Å². The number of methoxy groups -OCH3 is 1. The summed E-state index contributed by atoms with van der Waals surface area (Å²) < 4.78 is 10.4. The number of amides is 1. The third-order valence-corrected chi connectivity index (χ3v) is 5.80. The van der Waals surface area contributed by atoms with E-state index in [1.54, 1.807) is 7.11 Å². The second-order valence-electron chi connectivity index (χ2n) is 9.63. The van der Waals surface area contributed by atoms with E-state index in [-0.39, 0.29) is 17.7 Å². The fourth-order valence-electron chi connectivity index (χ4n) is 3.74. The Morgan fingerprint density at radius 2 is 1.74 bits per heavy atom. The summed E-state index contributed by atoms with van der Waals surface area (Å²) in [6.45, 7) is 14.0. The Bertz CT molecular complexity index is 821. The average Bonchev–Trinajstić information content (AvgIpc) is 3.64. The molecule has 3 N–H and O–H groups in total. The Kier molecular flexibility index (Phi) is 12.6. The molecule has 1 fully saturated rings. The molecule has 1 unspecified atom stereocenters. The highest BCUT2D eigenvalue weighted by Crippen LogP contribution is 2.21. The van der Waals surface area contributed by atoms with Crippen LogP contribution < -0.4 is 16.0 Å². The third kappa shape index (κ3) is 11.6. The summed E-state index contributed by atoms with van der Waals surface area (Å²) in [4.78, 5) is 25.9. The fraction of sp³-hybridized carbons (Fsp3) is 0.571. The van der Waals surface area contributed by atoms with Gasteiger partial charge < -0.3 is 25.4 Å². The van der Waals surface area contributed by atoms with Crippen LogP contribution in [0.4, 0.5) is 0 Å². The number of rotatable bonds is 19. The number of Topliss-reactive ketones (excluding diaryl/α,β-unsaturated/α-hetero) is 1. The quantitative estimate of drug-likeness (QED) is 0.205. The molecule has 1 aromatic carbocycles. The molecule has 1 amide bonds. The number of hydrogen-bond donors (Lipinski definition) is 3. The highest BCUT2D eigenvalue weighted by Gasteiger charge is 2.29. The molecule has 0 aliphatic heterocycles. The van der Waals surface area contributed by atoms with Crippen LogP contribution in [0.5, 0.6) is 0 Å². The molecule has 0 aromatic heterocycles. The van der Waals surface area contributed by atoms with Crippen molar-refractivity contribution in [2.45, 2.75) is 70.5 Å². The minimum Gasteiger partial charge on any atom is -0.382 e. The molecule has 7 heteroatoms. The molecule has 1 saturated carbocycles. The zero-order valence-electron chi connectivity index (χ0n) is 21.6. The van der Waals surface area contributed by atoms with Crippen molar-refractivity contribution in [3.8, 4) is 0 Å². The lowest BCUT2D eigenvalue weighted by Gasteiger charge is -2.28. The van der Waals surface area contributed by atoms with Crippen molar-refractivity contribution in [3.63, 3.8) is 0 Å². The fourth-order valence-corrected chi connectivity index (χ4v) is 3.74. The van der Waals surface area contributed by atoms with E-state index in [1.807, 2.05) is 30.3 Å². The predicted octanol–water partition coefficient (Wildman–Crippen LogP) is 3.51. The molecule has 2 atom stereocenters. The van der Waals surface area contributed by atoms with Gasteiger partial charge in [-0.1, -0.05) is 57.3 Å². The molecule has 7 nitrogen and oxygen atoms in total. The highest BCUT2D eigenvalue weighted by atomic mass is 16.5. The first-order valence-electron chi connectivity index (χ1n) is 12.6. The van der Waals surface area contributed by atoms with Gasteiger partial charge in [-0.05, 0) is 37.2 Å². The van der Waals surface area contributed by atoms with Gasteiger partial charge >= 0.3 is 0 Å². The van der Waals surface area contributed by atoms with Crippen LogP contribution in [0.3, 0.4) is 0 Å². The zero-order chi connectivity index (χ0) is 25.6. The lowest BCUT2D eigenvalue weighted by atomic mass is 9.97. The second kappa shape index (κ2) is 15.4. The van der Waals surface area contributed by atoms with Crippen LogP contribution >= 0.6 is 0 Å². The molecule has 1 aliphatic carbocycles. The Balaban J connectivity index is 2.00. The molecule has 194 valence electrons. The number of hydrogen-bond acceptors (Lipinski definition) is 6. The number of benzene rings is 1. The zero-order valence-corrected chi connectivity index (χ0v) is 21.6. The lowest BCUT2D eigenvalue weighted by Crippen LogP contribution is -2.47. The summed E-state index contributed by atoms with van der Waals surface area (Å²) in [5.41, 5.74) is 2.10. The maximum Gasteiger partial charge on any atom is 0.220 e. The molecule has 1 aliphatic rings. The molecule has 1 aromatic rings. The van der Waals surface area contributed by atoms with Crippen molar-refractivity contribution < 1.29 is 19.1 Å². The van der Waals surface area contributed by atoms with Crippen LogP contribution in [-0.2, 0) is 25.5 Å². The molecule has 0 radical (unpaired) electrons. The third-order valence-electron chi connectivity index (χ3n) is 5.80. The topological polar surface area (TPSA) is 88.7 Å². The van der Waals surface area contributed by atoms with Crippen molar-refractivity contribution in [1.82, 2.24) is 16.0 Å². The largest absolute Gasteiger partial charge is 0.382 e. The van der Waals surface area contributed by atoms with Gasteiger partial charge in [0.1, 0.15) is 0 Å². The molecular weight excluding hydrogens is 442 g/mol. The minimum absolute atomic E-state index is 0.0558. The minimum atomic E-state index is -0.524. The second-order valence-corrected chi connectivity index (χ2v) is 9.63. The molecule has 0 heterocycles. The van der Waals surface area contributed by atoms with E-state index in [0.29, 0.717) is 62.4 Å². The van der Waals surface area contributed by atoms with E-state index in [2.05, 4.69) is 43.0 Å².